The number of carbonyl (C=O) groups is 1. The summed E-state index contributed by atoms with van der Waals surface area (Å²) in [4.78, 5) is 11.2. The van der Waals surface area contributed by atoms with Gasteiger partial charge in [0.1, 0.15) is 5.92 Å². The van der Waals surface area contributed by atoms with Crippen LogP contribution >= 0.6 is 0 Å². The van der Waals surface area contributed by atoms with Crippen molar-refractivity contribution in [3.8, 4) is 6.07 Å². The maximum Gasteiger partial charge on any atom is 0.238 e. The molecule has 0 spiro atoms. The van der Waals surface area contributed by atoms with Crippen LogP contribution in [0.3, 0.4) is 0 Å². The van der Waals surface area contributed by atoms with E-state index in [9.17, 15) is 4.79 Å². The highest BCUT2D eigenvalue weighted by Crippen LogP contribution is 2.24. The Hall–Kier alpha value is -1.08. The number of rotatable bonds is 0. The molecule has 1 amide bonds. The van der Waals surface area contributed by atoms with Gasteiger partial charge in [0.2, 0.25) is 5.91 Å². The highest BCUT2D eigenvalue weighted by molar-refractivity contribution is 5.82. The van der Waals surface area contributed by atoms with Crippen molar-refractivity contribution in [1.29, 1.82) is 5.26 Å². The van der Waals surface area contributed by atoms with Crippen LogP contribution in [0.25, 0.3) is 0 Å². The monoisotopic (exact) mass is 165 g/mol. The Balaban J connectivity index is 2.18. The van der Waals surface area contributed by atoms with E-state index in [0.29, 0.717) is 5.92 Å². The van der Waals surface area contributed by atoms with E-state index in [4.69, 9.17) is 5.26 Å². The second-order valence-electron chi connectivity index (χ2n) is 3.38. The minimum atomic E-state index is -0.480. The molecule has 2 rings (SSSR count). The lowest BCUT2D eigenvalue weighted by Gasteiger charge is -2.28. The average molecular weight is 165 g/mol. The van der Waals surface area contributed by atoms with Crippen molar-refractivity contribution >= 4 is 5.91 Å². The fraction of sp³-hybridized carbons (Fsp3) is 0.750. The predicted octanol–water partition coefficient (Wildman–Crippen LogP) is -0.766. The standard InChI is InChI=1S/C8H11N3O/c9-3-6-7-5(1-2-10-7)4-11-8(6)12/h5-7,10H,1-2,4H2,(H,11,12). The number of nitrogens with zero attached hydrogens (tertiary/aromatic N) is 1. The molecule has 2 heterocycles. The summed E-state index contributed by atoms with van der Waals surface area (Å²) in [7, 11) is 0. The van der Waals surface area contributed by atoms with Gasteiger partial charge in [-0.1, -0.05) is 0 Å². The zero-order valence-corrected chi connectivity index (χ0v) is 6.71. The molecule has 12 heavy (non-hydrogen) atoms. The lowest BCUT2D eigenvalue weighted by atomic mass is 9.86. The molecule has 0 aromatic carbocycles. The zero-order chi connectivity index (χ0) is 8.55. The molecule has 0 bridgehead atoms. The maximum atomic E-state index is 11.2. The van der Waals surface area contributed by atoms with Gasteiger partial charge in [-0.05, 0) is 18.9 Å². The molecule has 0 aromatic heterocycles. The molecule has 0 aromatic rings. The summed E-state index contributed by atoms with van der Waals surface area (Å²) in [5, 5.41) is 14.7. The summed E-state index contributed by atoms with van der Waals surface area (Å²) in [5.74, 6) is -0.133. The van der Waals surface area contributed by atoms with Gasteiger partial charge in [-0.3, -0.25) is 4.79 Å². The molecule has 64 valence electrons. The van der Waals surface area contributed by atoms with Gasteiger partial charge in [-0.15, -0.1) is 0 Å². The maximum absolute atomic E-state index is 11.2. The Labute approximate surface area is 70.9 Å². The Morgan fingerprint density at radius 2 is 2.42 bits per heavy atom. The number of fused-ring (bicyclic) bond motifs is 1. The van der Waals surface area contributed by atoms with Gasteiger partial charge >= 0.3 is 0 Å². The number of hydrogen-bond donors (Lipinski definition) is 2. The van der Waals surface area contributed by atoms with Crippen molar-refractivity contribution in [2.24, 2.45) is 11.8 Å². The summed E-state index contributed by atoms with van der Waals surface area (Å²) in [6.07, 6.45) is 1.07. The third kappa shape index (κ3) is 0.978. The molecule has 0 radical (unpaired) electrons. The van der Waals surface area contributed by atoms with Gasteiger partial charge in [-0.25, -0.2) is 0 Å². The Morgan fingerprint density at radius 3 is 3.17 bits per heavy atom. The first-order chi connectivity index (χ1) is 5.83. The van der Waals surface area contributed by atoms with E-state index < -0.39 is 5.92 Å². The number of nitriles is 1. The molecule has 2 aliphatic rings. The van der Waals surface area contributed by atoms with Crippen LogP contribution in [0.2, 0.25) is 0 Å². The van der Waals surface area contributed by atoms with E-state index in [1.807, 2.05) is 0 Å². The van der Waals surface area contributed by atoms with Crippen LogP contribution in [-0.4, -0.2) is 25.0 Å². The van der Waals surface area contributed by atoms with Crippen LogP contribution in [0.15, 0.2) is 0 Å². The molecular weight excluding hydrogens is 154 g/mol. The van der Waals surface area contributed by atoms with Crippen molar-refractivity contribution in [2.45, 2.75) is 12.5 Å². The topological polar surface area (TPSA) is 64.9 Å². The van der Waals surface area contributed by atoms with Crippen LogP contribution in [-0.2, 0) is 4.79 Å². The lowest BCUT2D eigenvalue weighted by molar-refractivity contribution is -0.126. The second kappa shape index (κ2) is 2.76. The Kier molecular flexibility index (Phi) is 1.74. The van der Waals surface area contributed by atoms with Crippen molar-refractivity contribution in [3.05, 3.63) is 0 Å². The third-order valence-corrected chi connectivity index (χ3v) is 2.72. The SMILES string of the molecule is N#CC1C(=O)NCC2CCNC21. The van der Waals surface area contributed by atoms with Crippen LogP contribution in [0.4, 0.5) is 0 Å². The van der Waals surface area contributed by atoms with Crippen molar-refractivity contribution in [1.82, 2.24) is 10.6 Å². The lowest BCUT2D eigenvalue weighted by Crippen LogP contribution is -2.52. The normalized spacial score (nSPS) is 39.9. The fourth-order valence-corrected chi connectivity index (χ4v) is 2.04. The molecule has 3 unspecified atom stereocenters. The molecule has 2 aliphatic heterocycles. The predicted molar refractivity (Wildman–Crippen MR) is 42.0 cm³/mol. The van der Waals surface area contributed by atoms with Gasteiger partial charge in [0.25, 0.3) is 0 Å². The van der Waals surface area contributed by atoms with Gasteiger partial charge in [0, 0.05) is 12.6 Å². The van der Waals surface area contributed by atoms with Crippen LogP contribution in [0.5, 0.6) is 0 Å². The van der Waals surface area contributed by atoms with E-state index in [1.54, 1.807) is 0 Å². The first-order valence-corrected chi connectivity index (χ1v) is 4.23. The van der Waals surface area contributed by atoms with Crippen molar-refractivity contribution in [2.75, 3.05) is 13.1 Å². The van der Waals surface area contributed by atoms with E-state index in [1.165, 1.54) is 0 Å². The zero-order valence-electron chi connectivity index (χ0n) is 6.71. The molecule has 0 saturated carbocycles. The van der Waals surface area contributed by atoms with Crippen molar-refractivity contribution in [3.63, 3.8) is 0 Å². The first-order valence-electron chi connectivity index (χ1n) is 4.23. The number of hydrogen-bond acceptors (Lipinski definition) is 3. The number of carbonyl (C=O) groups excluding carboxylic acids is 1. The summed E-state index contributed by atoms with van der Waals surface area (Å²) in [5.41, 5.74) is 0. The molecule has 4 heteroatoms. The molecule has 2 N–H and O–H groups in total. The highest BCUT2D eigenvalue weighted by Gasteiger charge is 2.41. The summed E-state index contributed by atoms with van der Waals surface area (Å²) < 4.78 is 0. The first kappa shape index (κ1) is 7.56. The minimum absolute atomic E-state index is 0.101. The molecule has 2 saturated heterocycles. The van der Waals surface area contributed by atoms with Gasteiger partial charge < -0.3 is 10.6 Å². The molecular formula is C8H11N3O. The smallest absolute Gasteiger partial charge is 0.238 e. The second-order valence-corrected chi connectivity index (χ2v) is 3.38. The van der Waals surface area contributed by atoms with Gasteiger partial charge in [0.15, 0.2) is 0 Å². The Morgan fingerprint density at radius 1 is 1.58 bits per heavy atom. The van der Waals surface area contributed by atoms with Gasteiger partial charge in [-0.2, -0.15) is 5.26 Å². The average Bonchev–Trinajstić information content (AvgIpc) is 2.52. The highest BCUT2D eigenvalue weighted by atomic mass is 16.2. The minimum Gasteiger partial charge on any atom is -0.355 e. The summed E-state index contributed by atoms with van der Waals surface area (Å²) in [6, 6.07) is 2.15. The third-order valence-electron chi connectivity index (χ3n) is 2.72. The summed E-state index contributed by atoms with van der Waals surface area (Å²) >= 11 is 0. The largest absolute Gasteiger partial charge is 0.355 e. The quantitative estimate of drug-likeness (QED) is 0.495. The van der Waals surface area contributed by atoms with Crippen LogP contribution < -0.4 is 10.6 Å². The van der Waals surface area contributed by atoms with Crippen LogP contribution in [0, 0.1) is 23.2 Å². The van der Waals surface area contributed by atoms with E-state index in [0.717, 1.165) is 19.5 Å². The Bertz CT molecular complexity index is 245. The summed E-state index contributed by atoms with van der Waals surface area (Å²) in [6.45, 7) is 1.66. The number of amides is 1. The van der Waals surface area contributed by atoms with Crippen LogP contribution in [0.1, 0.15) is 6.42 Å². The number of piperidine rings is 1. The molecule has 0 aliphatic carbocycles. The molecule has 2 fully saturated rings. The van der Waals surface area contributed by atoms with E-state index >= 15 is 0 Å². The van der Waals surface area contributed by atoms with E-state index in [2.05, 4.69) is 16.7 Å². The van der Waals surface area contributed by atoms with Crippen molar-refractivity contribution < 1.29 is 4.79 Å². The molecule has 3 atom stereocenters. The molecule has 4 nitrogen and oxygen atoms in total. The fourth-order valence-electron chi connectivity index (χ4n) is 2.04. The van der Waals surface area contributed by atoms with Gasteiger partial charge in [0.05, 0.1) is 6.07 Å². The van der Waals surface area contributed by atoms with E-state index in [-0.39, 0.29) is 11.9 Å². The number of nitrogens with one attached hydrogen (secondary N) is 2.